The van der Waals surface area contributed by atoms with Gasteiger partial charge in [-0.05, 0) is 44.4 Å². The van der Waals surface area contributed by atoms with Crippen molar-refractivity contribution >= 4 is 17.6 Å². The Labute approximate surface area is 148 Å². The van der Waals surface area contributed by atoms with Crippen LogP contribution in [0.15, 0.2) is 24.3 Å². The van der Waals surface area contributed by atoms with Crippen molar-refractivity contribution in [1.29, 1.82) is 0 Å². The maximum absolute atomic E-state index is 12.7. The smallest absolute Gasteiger partial charge is 0.321 e. The van der Waals surface area contributed by atoms with Crippen LogP contribution in [0.2, 0.25) is 0 Å². The lowest BCUT2D eigenvalue weighted by Gasteiger charge is -2.56. The summed E-state index contributed by atoms with van der Waals surface area (Å²) in [6.07, 6.45) is 5.80. The van der Waals surface area contributed by atoms with Gasteiger partial charge in [-0.2, -0.15) is 0 Å². The summed E-state index contributed by atoms with van der Waals surface area (Å²) in [6.45, 7) is 2.74. The molecule has 0 unspecified atom stereocenters. The molecule has 2 aliphatic rings. The lowest BCUT2D eigenvalue weighted by molar-refractivity contribution is -0.150. The molecule has 2 atom stereocenters. The van der Waals surface area contributed by atoms with E-state index in [1.54, 1.807) is 29.2 Å². The first-order valence-corrected chi connectivity index (χ1v) is 9.03. The van der Waals surface area contributed by atoms with Crippen molar-refractivity contribution in [2.75, 3.05) is 19.0 Å². The summed E-state index contributed by atoms with van der Waals surface area (Å²) >= 11 is 0. The summed E-state index contributed by atoms with van der Waals surface area (Å²) in [6, 6.07) is 6.74. The highest BCUT2D eigenvalue weighted by Crippen LogP contribution is 2.56. The second kappa shape index (κ2) is 7.04. The third-order valence-electron chi connectivity index (χ3n) is 5.83. The van der Waals surface area contributed by atoms with E-state index in [2.05, 4.69) is 5.32 Å². The third-order valence-corrected chi connectivity index (χ3v) is 5.83. The number of nitrogens with two attached hydrogens (primary N) is 1. The van der Waals surface area contributed by atoms with Crippen molar-refractivity contribution in [3.8, 4) is 0 Å². The number of urea groups is 1. The van der Waals surface area contributed by atoms with Gasteiger partial charge >= 0.3 is 6.03 Å². The second-order valence-corrected chi connectivity index (χ2v) is 7.12. The van der Waals surface area contributed by atoms with E-state index in [0.717, 1.165) is 25.9 Å². The van der Waals surface area contributed by atoms with E-state index in [9.17, 15) is 9.59 Å². The van der Waals surface area contributed by atoms with Crippen molar-refractivity contribution in [3.63, 3.8) is 0 Å². The van der Waals surface area contributed by atoms with Gasteiger partial charge in [-0.15, -0.1) is 0 Å². The molecular formula is C19H27N3O3. The van der Waals surface area contributed by atoms with Gasteiger partial charge < -0.3 is 20.7 Å². The van der Waals surface area contributed by atoms with Gasteiger partial charge in [0.25, 0.3) is 0 Å². The zero-order chi connectivity index (χ0) is 18.0. The third kappa shape index (κ3) is 3.23. The number of primary amides is 1. The molecule has 136 valence electrons. The predicted molar refractivity (Wildman–Crippen MR) is 96.5 cm³/mol. The number of carbonyl (C=O) groups excluding carboxylic acids is 2. The van der Waals surface area contributed by atoms with E-state index in [1.165, 1.54) is 12.8 Å². The van der Waals surface area contributed by atoms with Crippen LogP contribution in [0, 0.1) is 5.41 Å². The van der Waals surface area contributed by atoms with Gasteiger partial charge in [0, 0.05) is 36.4 Å². The molecule has 2 aliphatic carbocycles. The Morgan fingerprint density at radius 3 is 2.72 bits per heavy atom. The van der Waals surface area contributed by atoms with Crippen LogP contribution in [0.4, 0.5) is 10.5 Å². The summed E-state index contributed by atoms with van der Waals surface area (Å²) in [5.74, 6) is -0.507. The molecule has 3 rings (SSSR count). The van der Waals surface area contributed by atoms with Crippen molar-refractivity contribution in [1.82, 2.24) is 4.90 Å². The fourth-order valence-corrected chi connectivity index (χ4v) is 4.50. The molecule has 1 spiro atoms. The summed E-state index contributed by atoms with van der Waals surface area (Å²) in [4.78, 5) is 25.8. The lowest BCUT2D eigenvalue weighted by atomic mass is 9.60. The fraction of sp³-hybridized carbons (Fsp3) is 0.579. The van der Waals surface area contributed by atoms with Crippen LogP contribution in [0.1, 0.15) is 49.4 Å². The molecule has 0 saturated heterocycles. The molecule has 25 heavy (non-hydrogen) atoms. The van der Waals surface area contributed by atoms with Gasteiger partial charge in [0.05, 0.1) is 6.10 Å². The number of amides is 3. The monoisotopic (exact) mass is 345 g/mol. The van der Waals surface area contributed by atoms with E-state index < -0.39 is 5.91 Å². The van der Waals surface area contributed by atoms with Crippen molar-refractivity contribution in [3.05, 3.63) is 29.8 Å². The molecule has 0 radical (unpaired) electrons. The molecule has 2 fully saturated rings. The molecule has 3 N–H and O–H groups in total. The molecule has 0 aromatic heterocycles. The Balaban J connectivity index is 1.68. The highest BCUT2D eigenvalue weighted by atomic mass is 16.5. The number of carbonyl (C=O) groups is 2. The maximum atomic E-state index is 12.7. The number of ether oxygens (including phenoxy) is 1. The Kier molecular flexibility index (Phi) is 4.99. The first-order valence-electron chi connectivity index (χ1n) is 9.03. The van der Waals surface area contributed by atoms with Crippen LogP contribution >= 0.6 is 0 Å². The van der Waals surface area contributed by atoms with Crippen LogP contribution in [-0.4, -0.2) is 42.6 Å². The largest absolute Gasteiger partial charge is 0.378 e. The van der Waals surface area contributed by atoms with Crippen LogP contribution < -0.4 is 11.1 Å². The van der Waals surface area contributed by atoms with Gasteiger partial charge in [0.1, 0.15) is 0 Å². The molecular weight excluding hydrogens is 318 g/mol. The standard InChI is InChI=1S/C19H27N3O3/c1-3-25-16-12-15(19(16)9-4-5-10-19)22(2)18(24)21-14-8-6-7-13(11-14)17(20)23/h6-8,11,15-16H,3-5,9-10,12H2,1-2H3,(H2,20,23)(H,21,24)/t15-,16+/m0/s1. The van der Waals surface area contributed by atoms with E-state index in [0.29, 0.717) is 11.3 Å². The number of benzene rings is 1. The number of rotatable bonds is 5. The van der Waals surface area contributed by atoms with E-state index in [-0.39, 0.29) is 23.6 Å². The van der Waals surface area contributed by atoms with Gasteiger partial charge in [-0.1, -0.05) is 18.9 Å². The molecule has 1 aromatic rings. The number of hydrogen-bond donors (Lipinski definition) is 2. The normalized spacial score (nSPS) is 23.9. The average molecular weight is 345 g/mol. The molecule has 1 aromatic carbocycles. The van der Waals surface area contributed by atoms with Gasteiger partial charge in [-0.25, -0.2) is 4.79 Å². The van der Waals surface area contributed by atoms with Crippen molar-refractivity contribution in [2.24, 2.45) is 11.1 Å². The molecule has 2 saturated carbocycles. The zero-order valence-corrected chi connectivity index (χ0v) is 15.0. The van der Waals surface area contributed by atoms with E-state index in [4.69, 9.17) is 10.5 Å². The van der Waals surface area contributed by atoms with Crippen molar-refractivity contribution in [2.45, 2.75) is 51.2 Å². The molecule has 0 bridgehead atoms. The quantitative estimate of drug-likeness (QED) is 0.860. The zero-order valence-electron chi connectivity index (χ0n) is 15.0. The lowest BCUT2D eigenvalue weighted by Crippen LogP contribution is -2.64. The van der Waals surface area contributed by atoms with E-state index >= 15 is 0 Å². The predicted octanol–water partition coefficient (Wildman–Crippen LogP) is 2.99. The summed E-state index contributed by atoms with van der Waals surface area (Å²) < 4.78 is 5.93. The summed E-state index contributed by atoms with van der Waals surface area (Å²) in [5.41, 5.74) is 6.37. The number of nitrogens with zero attached hydrogens (tertiary/aromatic N) is 1. The maximum Gasteiger partial charge on any atom is 0.321 e. The topological polar surface area (TPSA) is 84.7 Å². The highest BCUT2D eigenvalue weighted by molar-refractivity contribution is 5.95. The Morgan fingerprint density at radius 1 is 1.36 bits per heavy atom. The van der Waals surface area contributed by atoms with Crippen LogP contribution in [0.25, 0.3) is 0 Å². The molecule has 0 aliphatic heterocycles. The Morgan fingerprint density at radius 2 is 2.08 bits per heavy atom. The number of anilines is 1. The van der Waals surface area contributed by atoms with Gasteiger partial charge in [-0.3, -0.25) is 4.79 Å². The molecule has 6 heteroatoms. The molecule has 0 heterocycles. The van der Waals surface area contributed by atoms with E-state index in [1.807, 2.05) is 14.0 Å². The molecule has 3 amide bonds. The summed E-state index contributed by atoms with van der Waals surface area (Å²) in [7, 11) is 1.85. The Hall–Kier alpha value is -2.08. The minimum Gasteiger partial charge on any atom is -0.378 e. The SMILES string of the molecule is CCO[C@@H]1C[C@H](N(C)C(=O)Nc2cccc(C(N)=O)c2)C12CCCC2. The summed E-state index contributed by atoms with van der Waals surface area (Å²) in [5, 5.41) is 2.88. The van der Waals surface area contributed by atoms with Crippen LogP contribution in [0.5, 0.6) is 0 Å². The van der Waals surface area contributed by atoms with Crippen LogP contribution in [0.3, 0.4) is 0 Å². The van der Waals surface area contributed by atoms with Crippen molar-refractivity contribution < 1.29 is 14.3 Å². The fourth-order valence-electron chi connectivity index (χ4n) is 4.50. The minimum atomic E-state index is -0.507. The van der Waals surface area contributed by atoms with Gasteiger partial charge in [0.2, 0.25) is 5.91 Å². The minimum absolute atomic E-state index is 0.108. The number of nitrogens with one attached hydrogen (secondary N) is 1. The first-order chi connectivity index (χ1) is 12.0. The first kappa shape index (κ1) is 17.7. The Bertz CT molecular complexity index is 655. The molecule has 6 nitrogen and oxygen atoms in total. The second-order valence-electron chi connectivity index (χ2n) is 7.12. The average Bonchev–Trinajstić information content (AvgIpc) is 3.10. The highest BCUT2D eigenvalue weighted by Gasteiger charge is 2.58. The number of hydrogen-bond acceptors (Lipinski definition) is 3. The van der Waals surface area contributed by atoms with Gasteiger partial charge in [0.15, 0.2) is 0 Å². The van der Waals surface area contributed by atoms with Crippen LogP contribution in [-0.2, 0) is 4.74 Å².